The van der Waals surface area contributed by atoms with Gasteiger partial charge in [-0.15, -0.1) is 10.2 Å². The first kappa shape index (κ1) is 20.5. The van der Waals surface area contributed by atoms with Gasteiger partial charge in [0, 0.05) is 30.2 Å². The largest absolute Gasteiger partial charge is 0.438 e. The van der Waals surface area contributed by atoms with E-state index in [4.69, 9.17) is 4.74 Å². The second-order valence-electron chi connectivity index (χ2n) is 6.59. The summed E-state index contributed by atoms with van der Waals surface area (Å²) in [7, 11) is -3.87. The van der Waals surface area contributed by atoms with Gasteiger partial charge in [0.05, 0.1) is 5.75 Å². The maximum Gasteiger partial charge on any atom is 0.238 e. The van der Waals surface area contributed by atoms with Gasteiger partial charge >= 0.3 is 0 Å². The van der Waals surface area contributed by atoms with Crippen molar-refractivity contribution in [2.45, 2.75) is 5.75 Å². The van der Waals surface area contributed by atoms with Crippen LogP contribution in [0.15, 0.2) is 79.1 Å². The van der Waals surface area contributed by atoms with E-state index in [1.807, 2.05) is 24.5 Å². The Hall–Kier alpha value is -3.79. The van der Waals surface area contributed by atoms with Crippen LogP contribution in [0.25, 0.3) is 5.82 Å². The predicted octanol–water partition coefficient (Wildman–Crippen LogP) is 4.28. The van der Waals surface area contributed by atoms with E-state index in [1.54, 1.807) is 28.8 Å². The Balaban J connectivity index is 1.39. The lowest BCUT2D eigenvalue weighted by atomic mass is 10.2. The van der Waals surface area contributed by atoms with E-state index in [0.717, 1.165) is 12.1 Å². The minimum absolute atomic E-state index is 0.00638. The molecule has 0 unspecified atom stereocenters. The molecule has 0 aliphatic carbocycles. The average molecular weight is 442 g/mol. The van der Waals surface area contributed by atoms with Gasteiger partial charge in [0.25, 0.3) is 0 Å². The molecule has 0 radical (unpaired) electrons. The van der Waals surface area contributed by atoms with Gasteiger partial charge in [0.2, 0.25) is 15.9 Å². The summed E-state index contributed by atoms with van der Waals surface area (Å²) in [6.45, 7) is 0. The smallest absolute Gasteiger partial charge is 0.238 e. The fourth-order valence-corrected chi connectivity index (χ4v) is 4.01. The molecule has 0 aliphatic rings. The zero-order valence-electron chi connectivity index (χ0n) is 15.9. The van der Waals surface area contributed by atoms with Gasteiger partial charge in [0.1, 0.15) is 17.4 Å². The van der Waals surface area contributed by atoms with Crippen LogP contribution in [0.1, 0.15) is 5.56 Å². The zero-order valence-corrected chi connectivity index (χ0v) is 16.8. The van der Waals surface area contributed by atoms with Crippen LogP contribution in [-0.2, 0) is 15.8 Å². The molecule has 2 aromatic carbocycles. The number of hydrogen-bond acceptors (Lipinski definition) is 5. The van der Waals surface area contributed by atoms with E-state index >= 15 is 0 Å². The van der Waals surface area contributed by atoms with E-state index < -0.39 is 27.4 Å². The van der Waals surface area contributed by atoms with Crippen LogP contribution in [0.4, 0.5) is 14.5 Å². The maximum absolute atomic E-state index is 13.3. The highest BCUT2D eigenvalue weighted by molar-refractivity contribution is 7.91. The van der Waals surface area contributed by atoms with Crippen molar-refractivity contribution in [1.29, 1.82) is 0 Å². The van der Waals surface area contributed by atoms with Crippen molar-refractivity contribution in [3.63, 3.8) is 0 Å². The van der Waals surface area contributed by atoms with Crippen molar-refractivity contribution in [3.8, 4) is 17.4 Å². The molecular formula is C21H16F2N4O3S. The molecule has 0 atom stereocenters. The Morgan fingerprint density at radius 2 is 1.58 bits per heavy atom. The Morgan fingerprint density at radius 1 is 0.903 bits per heavy atom. The lowest BCUT2D eigenvalue weighted by Gasteiger charge is -2.10. The first-order chi connectivity index (χ1) is 14.9. The molecule has 4 aromatic rings. The van der Waals surface area contributed by atoms with Gasteiger partial charge in [-0.2, -0.15) is 0 Å². The number of hydrogen-bond donors (Lipinski definition) is 1. The monoisotopic (exact) mass is 442 g/mol. The van der Waals surface area contributed by atoms with E-state index in [9.17, 15) is 17.2 Å². The third kappa shape index (κ3) is 5.43. The van der Waals surface area contributed by atoms with Crippen molar-refractivity contribution in [2.24, 2.45) is 0 Å². The molecule has 0 bridgehead atoms. The molecule has 2 aromatic heterocycles. The molecule has 0 aliphatic heterocycles. The summed E-state index contributed by atoms with van der Waals surface area (Å²) in [5.74, 6) is -0.897. The fraction of sp³-hybridized carbons (Fsp3) is 0.0476. The molecular weight excluding hydrogens is 426 g/mol. The molecule has 0 spiro atoms. The van der Waals surface area contributed by atoms with Gasteiger partial charge in [-0.3, -0.25) is 4.72 Å². The molecule has 31 heavy (non-hydrogen) atoms. The number of nitrogens with zero attached hydrogens (tertiary/aromatic N) is 3. The van der Waals surface area contributed by atoms with Crippen LogP contribution >= 0.6 is 0 Å². The molecule has 1 N–H and O–H groups in total. The van der Waals surface area contributed by atoms with Crippen molar-refractivity contribution in [1.82, 2.24) is 14.8 Å². The van der Waals surface area contributed by atoms with Crippen LogP contribution < -0.4 is 9.46 Å². The van der Waals surface area contributed by atoms with Gasteiger partial charge in [-0.1, -0.05) is 0 Å². The lowest BCUT2D eigenvalue weighted by Crippen LogP contribution is -2.15. The molecule has 2 heterocycles. The second-order valence-corrected chi connectivity index (χ2v) is 8.31. The topological polar surface area (TPSA) is 86.1 Å². The molecule has 0 saturated heterocycles. The summed E-state index contributed by atoms with van der Waals surface area (Å²) < 4.78 is 60.9. The van der Waals surface area contributed by atoms with Gasteiger partial charge in [-0.25, -0.2) is 17.2 Å². The SMILES string of the molecule is O=S(=O)(Cc1cc(F)cc(F)c1)Nc1ccc(Oc2ccc(-n3cccc3)nn2)cc1. The summed E-state index contributed by atoms with van der Waals surface area (Å²) in [4.78, 5) is 0. The third-order valence-electron chi connectivity index (χ3n) is 4.12. The van der Waals surface area contributed by atoms with Gasteiger partial charge < -0.3 is 9.30 Å². The van der Waals surface area contributed by atoms with Crippen molar-refractivity contribution < 1.29 is 21.9 Å². The van der Waals surface area contributed by atoms with E-state index in [0.29, 0.717) is 17.6 Å². The Labute approximate surface area is 177 Å². The molecule has 0 amide bonds. The molecule has 10 heteroatoms. The van der Waals surface area contributed by atoms with Crippen LogP contribution in [0, 0.1) is 11.6 Å². The number of ether oxygens (including phenoxy) is 1. The summed E-state index contributed by atoms with van der Waals surface area (Å²) in [5.41, 5.74) is 0.283. The third-order valence-corrected chi connectivity index (χ3v) is 5.38. The predicted molar refractivity (Wildman–Crippen MR) is 110 cm³/mol. The number of nitrogens with one attached hydrogen (secondary N) is 1. The normalized spacial score (nSPS) is 11.3. The molecule has 7 nitrogen and oxygen atoms in total. The highest BCUT2D eigenvalue weighted by Crippen LogP contribution is 2.23. The van der Waals surface area contributed by atoms with Crippen molar-refractivity contribution >= 4 is 15.7 Å². The quantitative estimate of drug-likeness (QED) is 0.462. The van der Waals surface area contributed by atoms with Crippen LogP contribution in [-0.4, -0.2) is 23.2 Å². The number of anilines is 1. The van der Waals surface area contributed by atoms with Crippen LogP contribution in [0.5, 0.6) is 11.6 Å². The summed E-state index contributed by atoms with van der Waals surface area (Å²) >= 11 is 0. The standard InChI is InChI=1S/C21H16F2N4O3S/c22-16-11-15(12-17(23)13-16)14-31(28,29)26-18-3-5-19(6-4-18)30-21-8-7-20(24-25-21)27-9-1-2-10-27/h1-13,26H,14H2. The molecule has 4 rings (SSSR count). The molecule has 158 valence electrons. The van der Waals surface area contributed by atoms with Crippen molar-refractivity contribution in [2.75, 3.05) is 4.72 Å². The second kappa shape index (κ2) is 8.52. The van der Waals surface area contributed by atoms with E-state index in [2.05, 4.69) is 14.9 Å². The maximum atomic E-state index is 13.3. The van der Waals surface area contributed by atoms with Crippen LogP contribution in [0.3, 0.4) is 0 Å². The summed E-state index contributed by atoms with van der Waals surface area (Å²) in [6, 6.07) is 15.9. The Bertz CT molecular complexity index is 1260. The number of rotatable bonds is 7. The molecule has 0 saturated carbocycles. The number of sulfonamides is 1. The van der Waals surface area contributed by atoms with E-state index in [-0.39, 0.29) is 17.1 Å². The van der Waals surface area contributed by atoms with Crippen molar-refractivity contribution in [3.05, 3.63) is 96.3 Å². The lowest BCUT2D eigenvalue weighted by molar-refractivity contribution is 0.454. The minimum Gasteiger partial charge on any atom is -0.438 e. The first-order valence-corrected chi connectivity index (χ1v) is 10.7. The zero-order chi connectivity index (χ0) is 21.8. The number of halogens is 2. The number of benzene rings is 2. The summed E-state index contributed by atoms with van der Waals surface area (Å²) in [6.07, 6.45) is 3.68. The average Bonchev–Trinajstić information content (AvgIpc) is 3.23. The minimum atomic E-state index is -3.87. The Morgan fingerprint density at radius 3 is 2.19 bits per heavy atom. The van der Waals surface area contributed by atoms with Gasteiger partial charge in [0.15, 0.2) is 5.82 Å². The highest BCUT2D eigenvalue weighted by atomic mass is 32.2. The highest BCUT2D eigenvalue weighted by Gasteiger charge is 2.14. The summed E-state index contributed by atoms with van der Waals surface area (Å²) in [5, 5.41) is 8.09. The Kier molecular flexibility index (Phi) is 5.63. The van der Waals surface area contributed by atoms with Crippen LogP contribution in [0.2, 0.25) is 0 Å². The molecule has 0 fully saturated rings. The first-order valence-electron chi connectivity index (χ1n) is 9.07. The van der Waals surface area contributed by atoms with E-state index in [1.165, 1.54) is 12.1 Å². The number of aromatic nitrogens is 3. The van der Waals surface area contributed by atoms with Gasteiger partial charge in [-0.05, 0) is 60.2 Å². The fourth-order valence-electron chi connectivity index (χ4n) is 2.83.